The van der Waals surface area contributed by atoms with Gasteiger partial charge in [-0.1, -0.05) is 0 Å². The van der Waals surface area contributed by atoms with Crippen LogP contribution in [0.4, 0.5) is 0 Å². The summed E-state index contributed by atoms with van der Waals surface area (Å²) in [4.78, 5) is 3.90. The molecule has 0 bridgehead atoms. The molecular formula is C6H5N3O. The van der Waals surface area contributed by atoms with E-state index in [9.17, 15) is 0 Å². The van der Waals surface area contributed by atoms with Gasteiger partial charge in [-0.3, -0.25) is 5.41 Å². The summed E-state index contributed by atoms with van der Waals surface area (Å²) in [5.41, 5.74) is 0.920. The molecule has 0 aliphatic carbocycles. The predicted octanol–water partition coefficient (Wildman–Crippen LogP) is 1.04. The average Bonchev–Trinajstić information content (AvgIpc) is 2.42. The van der Waals surface area contributed by atoms with Gasteiger partial charge in [0.1, 0.15) is 6.34 Å². The summed E-state index contributed by atoms with van der Waals surface area (Å²) >= 11 is 0. The van der Waals surface area contributed by atoms with Crippen LogP contribution in [0.3, 0.4) is 0 Å². The van der Waals surface area contributed by atoms with Crippen molar-refractivity contribution in [2.24, 2.45) is 0 Å². The molecule has 0 atom stereocenters. The third kappa shape index (κ3) is 0.556. The van der Waals surface area contributed by atoms with Gasteiger partial charge < -0.3 is 4.52 Å². The van der Waals surface area contributed by atoms with Crippen LogP contribution in [-0.2, 0) is 0 Å². The molecule has 0 fully saturated rings. The third-order valence-electron chi connectivity index (χ3n) is 1.28. The number of hydrogen-bond acceptors (Lipinski definition) is 3. The first-order valence-corrected chi connectivity index (χ1v) is 2.83. The summed E-state index contributed by atoms with van der Waals surface area (Å²) in [6.45, 7) is 0. The molecule has 1 N–H and O–H groups in total. The Bertz CT molecular complexity index is 296. The maximum absolute atomic E-state index is 6.83. The van der Waals surface area contributed by atoms with Crippen LogP contribution < -0.4 is 0 Å². The van der Waals surface area contributed by atoms with Crippen molar-refractivity contribution in [3.05, 3.63) is 18.5 Å². The van der Waals surface area contributed by atoms with Gasteiger partial charge in [0.25, 0.3) is 5.89 Å². The van der Waals surface area contributed by atoms with Gasteiger partial charge in [-0.15, -0.1) is 0 Å². The fourth-order valence-corrected chi connectivity index (χ4v) is 0.833. The number of nitrogens with one attached hydrogen (secondary N) is 1. The molecular weight excluding hydrogens is 130 g/mol. The molecule has 4 nitrogen and oxygen atoms in total. The molecule has 0 aromatic heterocycles. The molecule has 2 aliphatic rings. The number of rotatable bonds is 1. The van der Waals surface area contributed by atoms with Crippen LogP contribution in [0.1, 0.15) is 0 Å². The molecule has 0 spiro atoms. The Morgan fingerprint density at radius 3 is 3.30 bits per heavy atom. The lowest BCUT2D eigenvalue weighted by molar-refractivity contribution is 0.374. The van der Waals surface area contributed by atoms with Crippen molar-refractivity contribution >= 4 is 6.34 Å². The first-order chi connectivity index (χ1) is 4.90. The highest BCUT2D eigenvalue weighted by molar-refractivity contribution is 5.60. The summed E-state index contributed by atoms with van der Waals surface area (Å²) in [5.74, 6) is 0.573. The second-order valence-corrected chi connectivity index (χ2v) is 1.91. The maximum Gasteiger partial charge on any atom is 0.255 e. The minimum absolute atomic E-state index is 0.573. The minimum Gasteiger partial charge on any atom is -0.353 e. The number of hydrogen-bond donors (Lipinski definition) is 1. The van der Waals surface area contributed by atoms with Gasteiger partial charge in [0.2, 0.25) is 0 Å². The van der Waals surface area contributed by atoms with E-state index in [0.717, 1.165) is 11.9 Å². The number of fused-ring (bicyclic) bond motifs is 1. The van der Waals surface area contributed by atoms with E-state index in [1.165, 1.54) is 4.74 Å². The van der Waals surface area contributed by atoms with E-state index in [-0.39, 0.29) is 0 Å². The molecule has 0 aromatic rings. The van der Waals surface area contributed by atoms with Crippen molar-refractivity contribution in [2.75, 3.05) is 0 Å². The fourth-order valence-electron chi connectivity index (χ4n) is 0.833. The van der Waals surface area contributed by atoms with E-state index in [2.05, 4.69) is 4.98 Å². The van der Waals surface area contributed by atoms with E-state index < -0.39 is 0 Å². The van der Waals surface area contributed by atoms with Crippen LogP contribution >= 0.6 is 0 Å². The van der Waals surface area contributed by atoms with Crippen LogP contribution in [0.25, 0.3) is 11.5 Å². The Morgan fingerprint density at radius 1 is 1.70 bits per heavy atom. The summed E-state index contributed by atoms with van der Waals surface area (Å²) in [6, 6.07) is 1.83. The molecule has 10 heavy (non-hydrogen) atoms. The number of aromatic nitrogens is 2. The van der Waals surface area contributed by atoms with Crippen LogP contribution in [0.15, 0.2) is 23.0 Å². The van der Waals surface area contributed by atoms with Crippen molar-refractivity contribution in [3.63, 3.8) is 0 Å². The zero-order valence-electron chi connectivity index (χ0n) is 5.11. The largest absolute Gasteiger partial charge is 0.353 e. The van der Waals surface area contributed by atoms with E-state index in [1.54, 1.807) is 12.4 Å². The molecule has 0 saturated carbocycles. The molecule has 0 saturated heterocycles. The van der Waals surface area contributed by atoms with Gasteiger partial charge in [0.05, 0.1) is 11.8 Å². The molecule has 50 valence electrons. The highest BCUT2D eigenvalue weighted by Gasteiger charge is 2.07. The molecule has 0 radical (unpaired) electrons. The van der Waals surface area contributed by atoms with Crippen LogP contribution in [0, 0.1) is 5.41 Å². The summed E-state index contributed by atoms with van der Waals surface area (Å²) < 4.78 is 6.32. The highest BCUT2D eigenvalue weighted by Crippen LogP contribution is 2.18. The second-order valence-electron chi connectivity index (χ2n) is 1.91. The van der Waals surface area contributed by atoms with E-state index >= 15 is 0 Å². The Balaban J connectivity index is 2.67. The lowest BCUT2D eigenvalue weighted by Gasteiger charge is -1.81. The standard InChI is InChI=1S/C6H5N3O/c7-4-9-3-5-1-2-8-6(5)10-9/h1-4,7H. The Morgan fingerprint density at radius 2 is 2.60 bits per heavy atom. The molecule has 0 aromatic carbocycles. The van der Waals surface area contributed by atoms with Crippen molar-refractivity contribution in [3.8, 4) is 11.5 Å². The van der Waals surface area contributed by atoms with Gasteiger partial charge in [-0.05, 0) is 6.07 Å². The average molecular weight is 135 g/mol. The lowest BCUT2D eigenvalue weighted by atomic mass is 10.4. The van der Waals surface area contributed by atoms with Crippen LogP contribution in [-0.4, -0.2) is 16.1 Å². The van der Waals surface area contributed by atoms with E-state index in [1.807, 2.05) is 6.07 Å². The molecule has 2 rings (SSSR count). The van der Waals surface area contributed by atoms with E-state index in [0.29, 0.717) is 5.89 Å². The third-order valence-corrected chi connectivity index (χ3v) is 1.28. The SMILES string of the molecule is N=Cn1cc2ccnc-2o1. The van der Waals surface area contributed by atoms with Gasteiger partial charge in [0.15, 0.2) is 0 Å². The zero-order chi connectivity index (χ0) is 6.97. The van der Waals surface area contributed by atoms with Crippen molar-refractivity contribution in [1.82, 2.24) is 9.72 Å². The van der Waals surface area contributed by atoms with Gasteiger partial charge in [-0.25, -0.2) is 4.98 Å². The fraction of sp³-hybridized carbons (Fsp3) is 0. The normalized spacial score (nSPS) is 10.4. The highest BCUT2D eigenvalue weighted by atomic mass is 16.5. The molecule has 2 aliphatic heterocycles. The first-order valence-electron chi connectivity index (χ1n) is 2.83. The van der Waals surface area contributed by atoms with Gasteiger partial charge in [-0.2, -0.15) is 4.74 Å². The molecule has 0 unspecified atom stereocenters. The molecule has 4 heteroatoms. The van der Waals surface area contributed by atoms with E-state index in [4.69, 9.17) is 9.93 Å². The van der Waals surface area contributed by atoms with Gasteiger partial charge >= 0.3 is 0 Å². The van der Waals surface area contributed by atoms with Crippen LogP contribution in [0.5, 0.6) is 0 Å². The van der Waals surface area contributed by atoms with Gasteiger partial charge in [0, 0.05) is 6.20 Å². The Hall–Kier alpha value is -1.58. The van der Waals surface area contributed by atoms with Crippen molar-refractivity contribution in [1.29, 1.82) is 5.41 Å². The summed E-state index contributed by atoms with van der Waals surface area (Å²) in [6.07, 6.45) is 4.46. The predicted molar refractivity (Wildman–Crippen MR) is 35.3 cm³/mol. The second kappa shape index (κ2) is 1.70. The lowest BCUT2D eigenvalue weighted by Crippen LogP contribution is -1.85. The zero-order valence-corrected chi connectivity index (χ0v) is 5.11. The van der Waals surface area contributed by atoms with Crippen LogP contribution in [0.2, 0.25) is 0 Å². The summed E-state index contributed by atoms with van der Waals surface area (Å²) in [7, 11) is 0. The molecule has 2 heterocycles. The topological polar surface area (TPSA) is 54.8 Å². The maximum atomic E-state index is 6.83. The van der Waals surface area contributed by atoms with Crippen molar-refractivity contribution in [2.45, 2.75) is 0 Å². The first kappa shape index (κ1) is 5.22. The number of nitrogens with zero attached hydrogens (tertiary/aromatic N) is 2. The minimum atomic E-state index is 0.573. The van der Waals surface area contributed by atoms with Crippen molar-refractivity contribution < 1.29 is 4.52 Å². The smallest absolute Gasteiger partial charge is 0.255 e. The quantitative estimate of drug-likeness (QED) is 0.469. The Kier molecular flexibility index (Phi) is 0.887. The summed E-state index contributed by atoms with van der Waals surface area (Å²) in [5, 5.41) is 6.83. The Labute approximate surface area is 56.9 Å². The monoisotopic (exact) mass is 135 g/mol. The molecule has 0 amide bonds.